The Labute approximate surface area is 88.6 Å². The second-order valence-corrected chi connectivity index (χ2v) is 2.18. The van der Waals surface area contributed by atoms with Crippen LogP contribution in [0.4, 0.5) is 0 Å². The lowest BCUT2D eigenvalue weighted by Gasteiger charge is -2.00. The van der Waals surface area contributed by atoms with Gasteiger partial charge in [0.15, 0.2) is 0 Å². The number of ether oxygens (including phenoxy) is 2. The van der Waals surface area contributed by atoms with Gasteiger partial charge in [-0.1, -0.05) is 13.2 Å². The first kappa shape index (κ1) is 15.4. The van der Waals surface area contributed by atoms with Crippen molar-refractivity contribution >= 4 is 11.9 Å². The van der Waals surface area contributed by atoms with E-state index in [1.165, 1.54) is 20.3 Å². The minimum Gasteiger partial charge on any atom is -0.469 e. The van der Waals surface area contributed by atoms with Gasteiger partial charge < -0.3 is 9.47 Å². The van der Waals surface area contributed by atoms with Gasteiger partial charge >= 0.3 is 11.9 Å². The van der Waals surface area contributed by atoms with Crippen LogP contribution in [0.25, 0.3) is 0 Å². The van der Waals surface area contributed by atoms with Crippen molar-refractivity contribution in [1.82, 2.24) is 0 Å². The molecule has 0 saturated carbocycles. The summed E-state index contributed by atoms with van der Waals surface area (Å²) in [5.41, 5.74) is 0.0966. The maximum Gasteiger partial charge on any atom is 0.333 e. The molecule has 5 nitrogen and oxygen atoms in total. The minimum atomic E-state index is -0.588. The fraction of sp³-hybridized carbons (Fsp3) is 0.300. The van der Waals surface area contributed by atoms with Crippen LogP contribution in [0.15, 0.2) is 24.8 Å². The van der Waals surface area contributed by atoms with Gasteiger partial charge in [-0.15, -0.1) is 0 Å². The SMILES string of the molecule is C=C(CC(=O)OC)C(=O)OC.C=CC#N. The molecule has 0 aliphatic heterocycles. The zero-order chi connectivity index (χ0) is 12.3. The molecule has 0 aromatic heterocycles. The Morgan fingerprint density at radius 2 is 1.87 bits per heavy atom. The predicted octanol–water partition coefficient (Wildman–Crippen LogP) is 0.975. The fourth-order valence-electron chi connectivity index (χ4n) is 0.463. The van der Waals surface area contributed by atoms with E-state index in [9.17, 15) is 9.59 Å². The Kier molecular flexibility index (Phi) is 10.3. The molecule has 0 heterocycles. The summed E-state index contributed by atoms with van der Waals surface area (Å²) in [6.45, 7) is 6.46. The van der Waals surface area contributed by atoms with Crippen molar-refractivity contribution in [3.63, 3.8) is 0 Å². The van der Waals surface area contributed by atoms with Gasteiger partial charge in [-0.25, -0.2) is 4.79 Å². The van der Waals surface area contributed by atoms with Crippen molar-refractivity contribution in [3.05, 3.63) is 24.8 Å². The van der Waals surface area contributed by atoms with E-state index >= 15 is 0 Å². The number of methoxy groups -OCH3 is 2. The number of nitriles is 1. The Morgan fingerprint density at radius 1 is 1.40 bits per heavy atom. The summed E-state index contributed by atoms with van der Waals surface area (Å²) in [5.74, 6) is -1.09. The topological polar surface area (TPSA) is 76.4 Å². The molecular formula is C10H13NO4. The van der Waals surface area contributed by atoms with E-state index in [1.54, 1.807) is 6.07 Å². The molecule has 0 bridgehead atoms. The van der Waals surface area contributed by atoms with Crippen LogP contribution < -0.4 is 0 Å². The summed E-state index contributed by atoms with van der Waals surface area (Å²) < 4.78 is 8.62. The summed E-state index contributed by atoms with van der Waals surface area (Å²) >= 11 is 0. The van der Waals surface area contributed by atoms with Crippen LogP contribution in [0.5, 0.6) is 0 Å². The van der Waals surface area contributed by atoms with Gasteiger partial charge in [-0.3, -0.25) is 4.79 Å². The number of esters is 2. The van der Waals surface area contributed by atoms with Gasteiger partial charge in [-0.2, -0.15) is 5.26 Å². The summed E-state index contributed by atoms with van der Waals surface area (Å²) in [4.78, 5) is 21.2. The number of hydrogen-bond acceptors (Lipinski definition) is 5. The molecule has 0 unspecified atom stereocenters. The molecule has 0 N–H and O–H groups in total. The van der Waals surface area contributed by atoms with Gasteiger partial charge in [-0.05, 0) is 0 Å². The Bertz CT molecular complexity index is 288. The first-order valence-electron chi connectivity index (χ1n) is 3.86. The summed E-state index contributed by atoms with van der Waals surface area (Å²) in [6, 6.07) is 1.69. The molecule has 0 radical (unpaired) electrons. The van der Waals surface area contributed by atoms with Crippen LogP contribution in [0.3, 0.4) is 0 Å². The highest BCUT2D eigenvalue weighted by atomic mass is 16.5. The van der Waals surface area contributed by atoms with Crippen LogP contribution in [0.1, 0.15) is 6.42 Å². The van der Waals surface area contributed by atoms with E-state index in [-0.39, 0.29) is 12.0 Å². The van der Waals surface area contributed by atoms with Gasteiger partial charge in [0.05, 0.1) is 26.7 Å². The highest BCUT2D eigenvalue weighted by molar-refractivity contribution is 5.93. The summed E-state index contributed by atoms with van der Waals surface area (Å²) in [6.07, 6.45) is 1.06. The maximum absolute atomic E-state index is 10.6. The fourth-order valence-corrected chi connectivity index (χ4v) is 0.463. The molecule has 0 aromatic rings. The number of carbonyl (C=O) groups excluding carboxylic acids is 2. The van der Waals surface area contributed by atoms with Crippen molar-refractivity contribution in [3.8, 4) is 6.07 Å². The Hall–Kier alpha value is -2.09. The minimum absolute atomic E-state index is 0.0966. The molecule has 0 saturated heterocycles. The molecule has 0 aromatic carbocycles. The van der Waals surface area contributed by atoms with Crippen molar-refractivity contribution in [2.75, 3.05) is 14.2 Å². The monoisotopic (exact) mass is 211 g/mol. The van der Waals surface area contributed by atoms with Crippen LogP contribution in [0, 0.1) is 11.3 Å². The number of carbonyl (C=O) groups is 2. The third-order valence-electron chi connectivity index (χ3n) is 1.15. The zero-order valence-corrected chi connectivity index (χ0v) is 8.78. The van der Waals surface area contributed by atoms with Gasteiger partial charge in [0, 0.05) is 11.6 Å². The second kappa shape index (κ2) is 9.99. The normalized spacial score (nSPS) is 7.27. The first-order valence-corrected chi connectivity index (χ1v) is 3.86. The van der Waals surface area contributed by atoms with Crippen LogP contribution in [-0.4, -0.2) is 26.2 Å². The lowest BCUT2D eigenvalue weighted by molar-refractivity contribution is -0.143. The molecule has 82 valence electrons. The highest BCUT2D eigenvalue weighted by Crippen LogP contribution is 2.00. The molecule has 0 aliphatic rings. The number of nitrogens with zero attached hydrogens (tertiary/aromatic N) is 1. The van der Waals surface area contributed by atoms with E-state index in [0.29, 0.717) is 0 Å². The third-order valence-corrected chi connectivity index (χ3v) is 1.15. The molecule has 0 fully saturated rings. The third kappa shape index (κ3) is 9.83. The van der Waals surface area contributed by atoms with Gasteiger partial charge in [0.1, 0.15) is 0 Å². The lowest BCUT2D eigenvalue weighted by Crippen LogP contribution is -2.09. The molecule has 5 heteroatoms. The van der Waals surface area contributed by atoms with Crippen molar-refractivity contribution < 1.29 is 19.1 Å². The largest absolute Gasteiger partial charge is 0.469 e. The summed E-state index contributed by atoms with van der Waals surface area (Å²) in [7, 11) is 2.47. The van der Waals surface area contributed by atoms with Crippen LogP contribution in [0.2, 0.25) is 0 Å². The second-order valence-electron chi connectivity index (χ2n) is 2.18. The van der Waals surface area contributed by atoms with E-state index < -0.39 is 11.9 Å². The summed E-state index contributed by atoms with van der Waals surface area (Å²) in [5, 5.41) is 7.51. The van der Waals surface area contributed by atoms with Gasteiger partial charge in [0.25, 0.3) is 0 Å². The van der Waals surface area contributed by atoms with Crippen molar-refractivity contribution in [2.24, 2.45) is 0 Å². The van der Waals surface area contributed by atoms with Crippen molar-refractivity contribution in [2.45, 2.75) is 6.42 Å². The molecule has 0 rings (SSSR count). The molecule has 0 atom stereocenters. The first-order chi connectivity index (χ1) is 7.03. The highest BCUT2D eigenvalue weighted by Gasteiger charge is 2.11. The molecule has 0 spiro atoms. The average Bonchev–Trinajstić information content (AvgIpc) is 2.27. The standard InChI is InChI=1S/C7H10O4.C3H3N/c1-5(7(9)11-3)4-6(8)10-2;1-2-3-4/h1,4H2,2-3H3;2H,1H2. The molecule has 0 amide bonds. The van der Waals surface area contributed by atoms with E-state index in [1.807, 2.05) is 0 Å². The van der Waals surface area contributed by atoms with Crippen LogP contribution in [-0.2, 0) is 19.1 Å². The quantitative estimate of drug-likeness (QED) is 0.395. The molecule has 15 heavy (non-hydrogen) atoms. The maximum atomic E-state index is 10.6. The zero-order valence-electron chi connectivity index (χ0n) is 8.78. The molecular weight excluding hydrogens is 198 g/mol. The molecule has 0 aliphatic carbocycles. The van der Waals surface area contributed by atoms with Crippen LogP contribution >= 0.6 is 0 Å². The lowest BCUT2D eigenvalue weighted by atomic mass is 10.2. The number of hydrogen-bond donors (Lipinski definition) is 0. The smallest absolute Gasteiger partial charge is 0.333 e. The van der Waals surface area contributed by atoms with E-state index in [4.69, 9.17) is 5.26 Å². The Balaban J connectivity index is 0. The predicted molar refractivity (Wildman–Crippen MR) is 53.6 cm³/mol. The average molecular weight is 211 g/mol. The Morgan fingerprint density at radius 3 is 2.13 bits per heavy atom. The number of rotatable bonds is 3. The van der Waals surface area contributed by atoms with Gasteiger partial charge in [0.2, 0.25) is 0 Å². The number of allylic oxidation sites excluding steroid dienone is 1. The van der Waals surface area contributed by atoms with E-state index in [0.717, 1.165) is 0 Å². The van der Waals surface area contributed by atoms with E-state index in [2.05, 4.69) is 22.6 Å². The van der Waals surface area contributed by atoms with Crippen molar-refractivity contribution in [1.29, 1.82) is 5.26 Å².